The molecule has 0 unspecified atom stereocenters. The highest BCUT2D eigenvalue weighted by atomic mass is 16.4. The van der Waals surface area contributed by atoms with Crippen molar-refractivity contribution in [2.24, 2.45) is 10.9 Å². The highest BCUT2D eigenvalue weighted by molar-refractivity contribution is 5.81. The second-order valence-corrected chi connectivity index (χ2v) is 3.56. The molecule has 0 aromatic carbocycles. The van der Waals surface area contributed by atoms with E-state index in [1.165, 1.54) is 6.21 Å². The van der Waals surface area contributed by atoms with Gasteiger partial charge in [0.25, 0.3) is 0 Å². The van der Waals surface area contributed by atoms with E-state index in [2.05, 4.69) is 9.98 Å². The van der Waals surface area contributed by atoms with E-state index in [0.717, 1.165) is 0 Å². The Labute approximate surface area is 88.7 Å². The molecule has 1 aromatic heterocycles. The monoisotopic (exact) mass is 206 g/mol. The Morgan fingerprint density at radius 2 is 2.27 bits per heavy atom. The summed E-state index contributed by atoms with van der Waals surface area (Å²) in [5, 5.41) is 8.89. The summed E-state index contributed by atoms with van der Waals surface area (Å²) in [7, 11) is 0. The number of hydrogen-bond donors (Lipinski definition) is 1. The zero-order valence-corrected chi connectivity index (χ0v) is 8.79. The molecule has 0 amide bonds. The quantitative estimate of drug-likeness (QED) is 0.761. The van der Waals surface area contributed by atoms with Crippen LogP contribution in [0.2, 0.25) is 0 Å². The van der Waals surface area contributed by atoms with Gasteiger partial charge in [-0.15, -0.1) is 0 Å². The normalized spacial score (nSPS) is 13.3. The number of carboxylic acids is 1. The van der Waals surface area contributed by atoms with Crippen molar-refractivity contribution in [2.75, 3.05) is 0 Å². The van der Waals surface area contributed by atoms with Crippen LogP contribution in [0.25, 0.3) is 0 Å². The molecule has 0 fully saturated rings. The van der Waals surface area contributed by atoms with Crippen LogP contribution in [-0.2, 0) is 4.79 Å². The molecule has 0 aliphatic rings. The molecule has 1 rings (SSSR count). The third-order valence-corrected chi connectivity index (χ3v) is 1.94. The summed E-state index contributed by atoms with van der Waals surface area (Å²) in [6, 6.07) is 4.71. The summed E-state index contributed by atoms with van der Waals surface area (Å²) in [5.74, 6) is -0.931. The van der Waals surface area contributed by atoms with Crippen LogP contribution < -0.4 is 0 Å². The number of aromatic nitrogens is 1. The van der Waals surface area contributed by atoms with Crippen molar-refractivity contribution in [3.8, 4) is 0 Å². The Kier molecular flexibility index (Phi) is 3.97. The van der Waals surface area contributed by atoms with Gasteiger partial charge in [0.05, 0.1) is 5.69 Å². The standard InChI is InChI=1S/C11H14N2O2/c1-8(2)10(11(14)15)13-7-9-5-3-4-6-12-9/h3-8,10H,1-2H3,(H,14,15)/t10-/m0/s1. The van der Waals surface area contributed by atoms with Gasteiger partial charge in [-0.1, -0.05) is 19.9 Å². The van der Waals surface area contributed by atoms with E-state index in [1.54, 1.807) is 18.3 Å². The Balaban J connectivity index is 2.75. The Morgan fingerprint density at radius 3 is 2.73 bits per heavy atom. The van der Waals surface area contributed by atoms with Gasteiger partial charge in [0.2, 0.25) is 0 Å². The molecular weight excluding hydrogens is 192 g/mol. The summed E-state index contributed by atoms with van der Waals surface area (Å²) in [6.45, 7) is 3.66. The fourth-order valence-corrected chi connectivity index (χ4v) is 1.13. The minimum absolute atomic E-state index is 0.0255. The van der Waals surface area contributed by atoms with E-state index >= 15 is 0 Å². The number of aliphatic imine (C=N–C) groups is 1. The van der Waals surface area contributed by atoms with Crippen molar-refractivity contribution >= 4 is 12.2 Å². The van der Waals surface area contributed by atoms with Crippen LogP contribution >= 0.6 is 0 Å². The molecule has 15 heavy (non-hydrogen) atoms. The van der Waals surface area contributed by atoms with Crippen LogP contribution in [-0.4, -0.2) is 28.3 Å². The van der Waals surface area contributed by atoms with Crippen molar-refractivity contribution in [1.29, 1.82) is 0 Å². The molecule has 80 valence electrons. The lowest BCUT2D eigenvalue weighted by atomic mass is 10.1. The lowest BCUT2D eigenvalue weighted by Crippen LogP contribution is -2.24. The summed E-state index contributed by atoms with van der Waals surface area (Å²) in [6.07, 6.45) is 3.14. The lowest BCUT2D eigenvalue weighted by molar-refractivity contribution is -0.139. The maximum absolute atomic E-state index is 10.8. The molecule has 0 spiro atoms. The number of carboxylic acid groups (broad SMARTS) is 1. The SMILES string of the molecule is CC(C)[C@H](N=Cc1ccccn1)C(=O)O. The Bertz CT molecular complexity index is 347. The van der Waals surface area contributed by atoms with E-state index in [1.807, 2.05) is 19.9 Å². The van der Waals surface area contributed by atoms with Crippen LogP contribution in [0.5, 0.6) is 0 Å². The first-order valence-electron chi connectivity index (χ1n) is 4.78. The molecule has 1 heterocycles. The fourth-order valence-electron chi connectivity index (χ4n) is 1.13. The van der Waals surface area contributed by atoms with Gasteiger partial charge < -0.3 is 5.11 Å². The second-order valence-electron chi connectivity index (χ2n) is 3.56. The molecule has 1 N–H and O–H groups in total. The number of rotatable bonds is 4. The van der Waals surface area contributed by atoms with Gasteiger partial charge in [-0.2, -0.15) is 0 Å². The summed E-state index contributed by atoms with van der Waals surface area (Å²) in [5.41, 5.74) is 0.671. The maximum atomic E-state index is 10.8. The van der Waals surface area contributed by atoms with E-state index in [0.29, 0.717) is 5.69 Å². The van der Waals surface area contributed by atoms with Crippen molar-refractivity contribution < 1.29 is 9.90 Å². The van der Waals surface area contributed by atoms with Gasteiger partial charge in [-0.3, -0.25) is 9.98 Å². The molecule has 1 atom stereocenters. The Morgan fingerprint density at radius 1 is 1.53 bits per heavy atom. The summed E-state index contributed by atoms with van der Waals surface area (Å²) in [4.78, 5) is 18.9. The summed E-state index contributed by atoms with van der Waals surface area (Å²) >= 11 is 0. The molecule has 0 saturated carbocycles. The van der Waals surface area contributed by atoms with Gasteiger partial charge in [-0.05, 0) is 18.1 Å². The first kappa shape index (κ1) is 11.4. The smallest absolute Gasteiger partial charge is 0.328 e. The molecule has 4 nitrogen and oxygen atoms in total. The number of hydrogen-bond acceptors (Lipinski definition) is 3. The first-order chi connectivity index (χ1) is 7.11. The van der Waals surface area contributed by atoms with Crippen LogP contribution in [0, 0.1) is 5.92 Å². The van der Waals surface area contributed by atoms with Crippen molar-refractivity contribution in [1.82, 2.24) is 4.98 Å². The van der Waals surface area contributed by atoms with E-state index in [9.17, 15) is 4.79 Å². The van der Waals surface area contributed by atoms with Gasteiger partial charge in [-0.25, -0.2) is 4.79 Å². The zero-order chi connectivity index (χ0) is 11.3. The van der Waals surface area contributed by atoms with Crippen molar-refractivity contribution in [3.05, 3.63) is 30.1 Å². The molecule has 0 saturated heterocycles. The van der Waals surface area contributed by atoms with E-state index in [-0.39, 0.29) is 5.92 Å². The van der Waals surface area contributed by atoms with Crippen molar-refractivity contribution in [2.45, 2.75) is 19.9 Å². The molecule has 0 aliphatic heterocycles. The average Bonchev–Trinajstić information content (AvgIpc) is 2.18. The number of nitrogens with zero attached hydrogens (tertiary/aromatic N) is 2. The predicted molar refractivity (Wildman–Crippen MR) is 58.1 cm³/mol. The number of carbonyl (C=O) groups is 1. The molecule has 0 aliphatic carbocycles. The minimum atomic E-state index is -0.905. The first-order valence-corrected chi connectivity index (χ1v) is 4.78. The van der Waals surface area contributed by atoms with E-state index in [4.69, 9.17) is 5.11 Å². The van der Waals surface area contributed by atoms with Crippen molar-refractivity contribution in [3.63, 3.8) is 0 Å². The number of aliphatic carboxylic acids is 1. The largest absolute Gasteiger partial charge is 0.480 e. The summed E-state index contributed by atoms with van der Waals surface area (Å²) < 4.78 is 0. The van der Waals surface area contributed by atoms with Crippen LogP contribution in [0.3, 0.4) is 0 Å². The van der Waals surface area contributed by atoms with Crippen LogP contribution in [0.1, 0.15) is 19.5 Å². The fraction of sp³-hybridized carbons (Fsp3) is 0.364. The maximum Gasteiger partial charge on any atom is 0.328 e. The number of pyridine rings is 1. The van der Waals surface area contributed by atoms with Gasteiger partial charge in [0.1, 0.15) is 6.04 Å². The molecule has 0 radical (unpaired) electrons. The second kappa shape index (κ2) is 5.24. The zero-order valence-electron chi connectivity index (χ0n) is 8.79. The predicted octanol–water partition coefficient (Wildman–Crippen LogP) is 1.61. The molecular formula is C11H14N2O2. The van der Waals surface area contributed by atoms with E-state index < -0.39 is 12.0 Å². The highest BCUT2D eigenvalue weighted by Gasteiger charge is 2.19. The topological polar surface area (TPSA) is 62.5 Å². The minimum Gasteiger partial charge on any atom is -0.480 e. The highest BCUT2D eigenvalue weighted by Crippen LogP contribution is 2.06. The lowest BCUT2D eigenvalue weighted by Gasteiger charge is -2.10. The average molecular weight is 206 g/mol. The third-order valence-electron chi connectivity index (χ3n) is 1.94. The van der Waals surface area contributed by atoms with Crippen LogP contribution in [0.15, 0.2) is 29.4 Å². The molecule has 1 aromatic rings. The molecule has 0 bridgehead atoms. The van der Waals surface area contributed by atoms with Crippen LogP contribution in [0.4, 0.5) is 0 Å². The van der Waals surface area contributed by atoms with Gasteiger partial charge in [0, 0.05) is 12.4 Å². The Hall–Kier alpha value is -1.71. The van der Waals surface area contributed by atoms with Gasteiger partial charge >= 0.3 is 5.97 Å². The van der Waals surface area contributed by atoms with Gasteiger partial charge in [0.15, 0.2) is 0 Å². The third kappa shape index (κ3) is 3.50. The molecule has 4 heteroatoms.